The van der Waals surface area contributed by atoms with Gasteiger partial charge in [0, 0.05) is 0 Å². The predicted molar refractivity (Wildman–Crippen MR) is 80.0 cm³/mol. The molecule has 0 aromatic carbocycles. The van der Waals surface area contributed by atoms with Crippen molar-refractivity contribution in [1.29, 1.82) is 0 Å². The summed E-state index contributed by atoms with van der Waals surface area (Å²) in [6.07, 6.45) is 0. The summed E-state index contributed by atoms with van der Waals surface area (Å²) in [5.74, 6) is 0. The Hall–Kier alpha value is -0.220. The fraction of sp³-hybridized carbons (Fsp3) is 0.667. The highest BCUT2D eigenvalue weighted by molar-refractivity contribution is 7.64. The maximum atomic E-state index is 12.6. The molecular weight excluding hydrogens is 302 g/mol. The van der Waals surface area contributed by atoms with E-state index in [2.05, 4.69) is 13.2 Å². The van der Waals surface area contributed by atoms with Crippen LogP contribution in [0.2, 0.25) is 0 Å². The molecule has 0 bridgehead atoms. The van der Waals surface area contributed by atoms with Crippen molar-refractivity contribution in [2.75, 3.05) is 26.4 Å². The minimum Gasteiger partial charge on any atom is -0.305 e. The van der Waals surface area contributed by atoms with Crippen LogP contribution in [0.15, 0.2) is 23.8 Å². The minimum absolute atomic E-state index is 0.0774. The summed E-state index contributed by atoms with van der Waals surface area (Å²) in [6, 6.07) is 0. The van der Waals surface area contributed by atoms with E-state index in [-0.39, 0.29) is 37.1 Å². The van der Waals surface area contributed by atoms with Crippen LogP contribution < -0.4 is 0 Å². The first-order valence-corrected chi connectivity index (χ1v) is 9.57. The largest absolute Gasteiger partial charge is 0.361 e. The molecule has 6 nitrogen and oxygen atoms in total. The van der Waals surface area contributed by atoms with E-state index < -0.39 is 15.2 Å². The highest BCUT2D eigenvalue weighted by atomic mass is 31.2. The van der Waals surface area contributed by atoms with E-state index in [0.29, 0.717) is 0 Å². The zero-order valence-corrected chi connectivity index (χ0v) is 14.4. The highest BCUT2D eigenvalue weighted by Gasteiger charge is 2.39. The van der Waals surface area contributed by atoms with Gasteiger partial charge in [-0.25, -0.2) is 0 Å². The fourth-order valence-electron chi connectivity index (χ4n) is 1.38. The van der Waals surface area contributed by atoms with Gasteiger partial charge in [0.2, 0.25) is 0 Å². The molecule has 0 saturated carbocycles. The van der Waals surface area contributed by atoms with Crippen LogP contribution in [-0.4, -0.2) is 26.4 Å². The van der Waals surface area contributed by atoms with E-state index in [9.17, 15) is 9.13 Å². The summed E-state index contributed by atoms with van der Waals surface area (Å²) in [4.78, 5) is 0. The lowest BCUT2D eigenvalue weighted by Crippen LogP contribution is -2.04. The normalized spacial score (nSPS) is 12.4. The fourth-order valence-corrected chi connectivity index (χ4v) is 4.88. The lowest BCUT2D eigenvalue weighted by Gasteiger charge is -2.24. The molecule has 0 fully saturated rings. The molecule has 0 saturated heterocycles. The molecule has 0 atom stereocenters. The van der Waals surface area contributed by atoms with E-state index in [1.54, 1.807) is 27.7 Å². The van der Waals surface area contributed by atoms with Crippen LogP contribution in [0.4, 0.5) is 0 Å². The van der Waals surface area contributed by atoms with Crippen LogP contribution in [0.1, 0.15) is 27.7 Å². The van der Waals surface area contributed by atoms with Gasteiger partial charge in [0.15, 0.2) is 0 Å². The standard InChI is InChI=1S/C12H24O6P2/c1-7-15-19(13,16-8-2)11(5)12(6)20(14,17-9-3)18-10-4/h5-10H2,1-4H3. The summed E-state index contributed by atoms with van der Waals surface area (Å²) in [6.45, 7) is 14.6. The van der Waals surface area contributed by atoms with Crippen molar-refractivity contribution in [2.45, 2.75) is 27.7 Å². The molecule has 0 radical (unpaired) electrons. The van der Waals surface area contributed by atoms with Gasteiger partial charge in [0.1, 0.15) is 0 Å². The Bertz CT molecular complexity index is 372. The Kier molecular flexibility index (Phi) is 8.83. The van der Waals surface area contributed by atoms with Gasteiger partial charge in [0.05, 0.1) is 37.1 Å². The average Bonchev–Trinajstić information content (AvgIpc) is 2.38. The molecule has 8 heteroatoms. The molecule has 118 valence electrons. The second-order valence-corrected chi connectivity index (χ2v) is 7.66. The molecular formula is C12H24O6P2. The minimum atomic E-state index is -3.64. The van der Waals surface area contributed by atoms with Crippen LogP contribution in [0.5, 0.6) is 0 Å². The van der Waals surface area contributed by atoms with Gasteiger partial charge in [-0.15, -0.1) is 0 Å². The third-order valence-corrected chi connectivity index (χ3v) is 6.62. The Morgan fingerprint density at radius 2 is 0.900 bits per heavy atom. The van der Waals surface area contributed by atoms with Crippen LogP contribution >= 0.6 is 15.2 Å². The molecule has 0 amide bonds. The average molecular weight is 326 g/mol. The molecule has 0 aliphatic carbocycles. The number of allylic oxidation sites excluding steroid dienone is 2. The molecule has 0 N–H and O–H groups in total. The summed E-state index contributed by atoms with van der Waals surface area (Å²) in [5, 5.41) is -0.155. The van der Waals surface area contributed by atoms with Gasteiger partial charge in [-0.05, 0) is 27.7 Å². The van der Waals surface area contributed by atoms with E-state index in [1.807, 2.05) is 0 Å². The number of hydrogen-bond acceptors (Lipinski definition) is 6. The second kappa shape index (κ2) is 8.93. The zero-order chi connectivity index (χ0) is 15.8. The van der Waals surface area contributed by atoms with E-state index >= 15 is 0 Å². The second-order valence-electron chi connectivity index (χ2n) is 3.56. The summed E-state index contributed by atoms with van der Waals surface area (Å²) in [7, 11) is -7.27. The first kappa shape index (κ1) is 19.8. The summed E-state index contributed by atoms with van der Waals surface area (Å²) >= 11 is 0. The number of rotatable bonds is 11. The van der Waals surface area contributed by atoms with Crippen molar-refractivity contribution >= 4 is 15.2 Å². The van der Waals surface area contributed by atoms with E-state index in [0.717, 1.165) is 0 Å². The van der Waals surface area contributed by atoms with Crippen molar-refractivity contribution in [2.24, 2.45) is 0 Å². The third-order valence-electron chi connectivity index (χ3n) is 2.19. The van der Waals surface area contributed by atoms with E-state index in [1.165, 1.54) is 0 Å². The summed E-state index contributed by atoms with van der Waals surface area (Å²) in [5.41, 5.74) is 0. The lowest BCUT2D eigenvalue weighted by molar-refractivity contribution is 0.221. The van der Waals surface area contributed by atoms with Crippen molar-refractivity contribution in [3.05, 3.63) is 23.8 Å². The van der Waals surface area contributed by atoms with Crippen molar-refractivity contribution < 1.29 is 27.2 Å². The van der Waals surface area contributed by atoms with Crippen LogP contribution in [0, 0.1) is 0 Å². The Labute approximate surface area is 121 Å². The third kappa shape index (κ3) is 4.96. The topological polar surface area (TPSA) is 71.1 Å². The van der Waals surface area contributed by atoms with Crippen molar-refractivity contribution in [3.63, 3.8) is 0 Å². The Balaban J connectivity index is 5.37. The van der Waals surface area contributed by atoms with Gasteiger partial charge in [0.25, 0.3) is 0 Å². The molecule has 0 heterocycles. The van der Waals surface area contributed by atoms with Crippen molar-refractivity contribution in [3.8, 4) is 0 Å². The maximum Gasteiger partial charge on any atom is 0.361 e. The lowest BCUT2D eigenvalue weighted by atomic mass is 10.6. The molecule has 0 aliphatic rings. The van der Waals surface area contributed by atoms with Gasteiger partial charge >= 0.3 is 15.2 Å². The van der Waals surface area contributed by atoms with Crippen LogP contribution in [0.3, 0.4) is 0 Å². The van der Waals surface area contributed by atoms with Gasteiger partial charge in [-0.2, -0.15) is 0 Å². The van der Waals surface area contributed by atoms with Crippen molar-refractivity contribution in [1.82, 2.24) is 0 Å². The molecule has 0 rings (SSSR count). The van der Waals surface area contributed by atoms with E-state index in [4.69, 9.17) is 18.1 Å². The molecule has 0 aliphatic heterocycles. The van der Waals surface area contributed by atoms with Gasteiger partial charge in [-0.1, -0.05) is 13.2 Å². The predicted octanol–water partition coefficient (Wildman–Crippen LogP) is 4.55. The van der Waals surface area contributed by atoms with Crippen LogP contribution in [-0.2, 0) is 27.2 Å². The van der Waals surface area contributed by atoms with Crippen LogP contribution in [0.25, 0.3) is 0 Å². The molecule has 0 aromatic heterocycles. The first-order valence-electron chi connectivity index (χ1n) is 6.48. The zero-order valence-electron chi connectivity index (χ0n) is 12.6. The van der Waals surface area contributed by atoms with Gasteiger partial charge in [-0.3, -0.25) is 9.13 Å². The quantitative estimate of drug-likeness (QED) is 0.410. The maximum absolute atomic E-state index is 12.6. The smallest absolute Gasteiger partial charge is 0.305 e. The van der Waals surface area contributed by atoms with Gasteiger partial charge < -0.3 is 18.1 Å². The molecule has 0 aromatic rings. The number of hydrogen-bond donors (Lipinski definition) is 0. The Morgan fingerprint density at radius 3 is 1.05 bits per heavy atom. The Morgan fingerprint density at radius 1 is 0.700 bits per heavy atom. The molecule has 0 spiro atoms. The SMILES string of the molecule is C=C(C(=C)P(=O)(OCC)OCC)P(=O)(OCC)OCC. The molecule has 20 heavy (non-hydrogen) atoms. The molecule has 0 unspecified atom stereocenters. The highest BCUT2D eigenvalue weighted by Crippen LogP contribution is 2.67. The summed E-state index contributed by atoms with van der Waals surface area (Å²) < 4.78 is 45.7. The monoisotopic (exact) mass is 326 g/mol. The first-order chi connectivity index (χ1) is 9.31.